The zero-order valence-corrected chi connectivity index (χ0v) is 15.2. The zero-order chi connectivity index (χ0) is 18.4. The van der Waals surface area contributed by atoms with Crippen molar-refractivity contribution >= 4 is 40.3 Å². The largest absolute Gasteiger partial charge is 0.465 e. The van der Waals surface area contributed by atoms with Gasteiger partial charge in [0.25, 0.3) is 0 Å². The van der Waals surface area contributed by atoms with E-state index in [1.54, 1.807) is 20.8 Å². The highest BCUT2D eigenvalue weighted by atomic mass is 35.5. The molecule has 25 heavy (non-hydrogen) atoms. The van der Waals surface area contributed by atoms with Gasteiger partial charge in [0.05, 0.1) is 29.4 Å². The summed E-state index contributed by atoms with van der Waals surface area (Å²) in [7, 11) is 1.25. The van der Waals surface area contributed by atoms with E-state index in [9.17, 15) is 9.59 Å². The molecular formula is C17H19ClN2O5. The van der Waals surface area contributed by atoms with Crippen LogP contribution >= 0.6 is 11.6 Å². The lowest BCUT2D eigenvalue weighted by Crippen LogP contribution is -2.27. The summed E-state index contributed by atoms with van der Waals surface area (Å²) in [6.45, 7) is 5.29. The number of ether oxygens (including phenoxy) is 2. The van der Waals surface area contributed by atoms with Gasteiger partial charge in [0.15, 0.2) is 5.58 Å². The van der Waals surface area contributed by atoms with Gasteiger partial charge >= 0.3 is 12.1 Å². The molecule has 0 atom stereocenters. The van der Waals surface area contributed by atoms with Crippen LogP contribution in [0, 0.1) is 0 Å². The monoisotopic (exact) mass is 366 g/mol. The molecule has 0 aliphatic heterocycles. The van der Waals surface area contributed by atoms with E-state index in [4.69, 9.17) is 25.6 Å². The van der Waals surface area contributed by atoms with Gasteiger partial charge in [0.2, 0.25) is 0 Å². The van der Waals surface area contributed by atoms with Crippen molar-refractivity contribution in [3.8, 4) is 0 Å². The Balaban J connectivity index is 2.10. The van der Waals surface area contributed by atoms with E-state index in [1.807, 2.05) is 0 Å². The van der Waals surface area contributed by atoms with E-state index in [-0.39, 0.29) is 22.1 Å². The molecule has 1 fully saturated rings. The Kier molecular flexibility index (Phi) is 4.36. The van der Waals surface area contributed by atoms with E-state index < -0.39 is 17.7 Å². The molecule has 0 unspecified atom stereocenters. The highest BCUT2D eigenvalue weighted by Gasteiger charge is 2.33. The van der Waals surface area contributed by atoms with E-state index in [1.165, 1.54) is 13.2 Å². The van der Waals surface area contributed by atoms with Gasteiger partial charge < -0.3 is 14.0 Å². The van der Waals surface area contributed by atoms with Crippen molar-refractivity contribution in [2.45, 2.75) is 45.1 Å². The van der Waals surface area contributed by atoms with E-state index in [0.29, 0.717) is 11.1 Å². The maximum Gasteiger partial charge on any atom is 0.412 e. The number of hydrogen-bond donors (Lipinski definition) is 1. The van der Waals surface area contributed by atoms with Crippen LogP contribution < -0.4 is 5.32 Å². The van der Waals surface area contributed by atoms with Crippen molar-refractivity contribution < 1.29 is 23.6 Å². The second-order valence-electron chi connectivity index (χ2n) is 6.95. The lowest BCUT2D eigenvalue weighted by Gasteiger charge is -2.20. The van der Waals surface area contributed by atoms with Crippen LogP contribution in [0.5, 0.6) is 0 Å². The molecule has 1 aromatic carbocycles. The number of aromatic nitrogens is 1. The lowest BCUT2D eigenvalue weighted by atomic mass is 10.1. The van der Waals surface area contributed by atoms with Crippen molar-refractivity contribution in [1.82, 2.24) is 5.16 Å². The second-order valence-corrected chi connectivity index (χ2v) is 7.33. The lowest BCUT2D eigenvalue weighted by molar-refractivity contribution is 0.0596. The molecule has 8 heteroatoms. The Morgan fingerprint density at radius 2 is 2.04 bits per heavy atom. The summed E-state index contributed by atoms with van der Waals surface area (Å²) in [5.41, 5.74) is 0.754. The van der Waals surface area contributed by atoms with Crippen molar-refractivity contribution in [3.63, 3.8) is 0 Å². The molecule has 7 nitrogen and oxygen atoms in total. The van der Waals surface area contributed by atoms with Gasteiger partial charge in [-0.15, -0.1) is 0 Å². The fourth-order valence-corrected chi connectivity index (χ4v) is 2.78. The van der Waals surface area contributed by atoms with Crippen molar-refractivity contribution in [2.75, 3.05) is 12.4 Å². The van der Waals surface area contributed by atoms with Gasteiger partial charge in [0, 0.05) is 5.92 Å². The molecule has 0 bridgehead atoms. The first kappa shape index (κ1) is 17.5. The normalized spacial score (nSPS) is 14.4. The van der Waals surface area contributed by atoms with Crippen LogP contribution in [0.1, 0.15) is 55.6 Å². The number of carbonyl (C=O) groups excluding carboxylic acids is 2. The molecule has 0 saturated heterocycles. The average molecular weight is 367 g/mol. The number of halogens is 1. The molecule has 3 rings (SSSR count). The Morgan fingerprint density at radius 1 is 1.36 bits per heavy atom. The number of fused-ring (bicyclic) bond motifs is 1. The topological polar surface area (TPSA) is 90.7 Å². The van der Waals surface area contributed by atoms with Crippen LogP contribution in [0.2, 0.25) is 5.02 Å². The highest BCUT2D eigenvalue weighted by molar-refractivity contribution is 6.38. The van der Waals surface area contributed by atoms with E-state index >= 15 is 0 Å². The van der Waals surface area contributed by atoms with E-state index in [0.717, 1.165) is 18.5 Å². The molecule has 0 radical (unpaired) electrons. The second kappa shape index (κ2) is 6.22. The van der Waals surface area contributed by atoms with Gasteiger partial charge in [-0.2, -0.15) is 0 Å². The van der Waals surface area contributed by atoms with Crippen LogP contribution in [-0.4, -0.2) is 29.9 Å². The Bertz CT molecular complexity index is 849. The van der Waals surface area contributed by atoms with Crippen LogP contribution in [0.3, 0.4) is 0 Å². The van der Waals surface area contributed by atoms with Gasteiger partial charge in [-0.05, 0) is 39.7 Å². The summed E-state index contributed by atoms with van der Waals surface area (Å²) in [5.74, 6) is -0.371. The number of carbonyl (C=O) groups is 2. The predicted molar refractivity (Wildman–Crippen MR) is 92.2 cm³/mol. The maximum absolute atomic E-state index is 12.2. The molecule has 1 aromatic heterocycles. The minimum absolute atomic E-state index is 0.0845. The van der Waals surface area contributed by atoms with Gasteiger partial charge in [0.1, 0.15) is 10.6 Å². The number of nitrogens with one attached hydrogen (secondary N) is 1. The molecule has 1 aliphatic rings. The first-order valence-corrected chi connectivity index (χ1v) is 8.29. The molecule has 1 heterocycles. The molecule has 1 aliphatic carbocycles. The number of esters is 1. The molecule has 1 N–H and O–H groups in total. The molecule has 1 saturated carbocycles. The summed E-state index contributed by atoms with van der Waals surface area (Å²) in [4.78, 5) is 24.2. The number of rotatable bonds is 3. The van der Waals surface area contributed by atoms with Gasteiger partial charge in [-0.25, -0.2) is 9.59 Å². The number of anilines is 1. The smallest absolute Gasteiger partial charge is 0.412 e. The van der Waals surface area contributed by atoms with Crippen LogP contribution in [0.4, 0.5) is 10.5 Å². The number of amides is 1. The number of nitrogens with zero attached hydrogens (tertiary/aromatic N) is 1. The Morgan fingerprint density at radius 3 is 2.60 bits per heavy atom. The van der Waals surface area contributed by atoms with E-state index in [2.05, 4.69) is 10.5 Å². The minimum Gasteiger partial charge on any atom is -0.465 e. The third kappa shape index (κ3) is 3.56. The van der Waals surface area contributed by atoms with Crippen molar-refractivity contribution in [2.24, 2.45) is 0 Å². The number of hydrogen-bond acceptors (Lipinski definition) is 6. The standard InChI is InChI=1S/C17H19ClN2O5/c1-17(2,3)24-16(22)19-10-7-9(15(21)23-4)12(18)14-11(10)13(20-25-14)8-5-6-8/h7-8H,5-6H2,1-4H3,(H,19,22). The van der Waals surface area contributed by atoms with Crippen LogP contribution in [-0.2, 0) is 9.47 Å². The summed E-state index contributed by atoms with van der Waals surface area (Å²) >= 11 is 6.29. The molecule has 2 aromatic rings. The maximum atomic E-state index is 12.2. The summed E-state index contributed by atoms with van der Waals surface area (Å²) in [5, 5.41) is 7.45. The molecular weight excluding hydrogens is 348 g/mol. The third-order valence-electron chi connectivity index (χ3n) is 3.72. The summed E-state index contributed by atoms with van der Waals surface area (Å²) in [6.07, 6.45) is 1.34. The molecule has 1 amide bonds. The first-order valence-electron chi connectivity index (χ1n) is 7.91. The summed E-state index contributed by atoms with van der Waals surface area (Å²) < 4.78 is 15.4. The van der Waals surface area contributed by atoms with Crippen molar-refractivity contribution in [3.05, 3.63) is 22.3 Å². The molecule has 134 valence electrons. The average Bonchev–Trinajstić information content (AvgIpc) is 3.25. The van der Waals surface area contributed by atoms with Gasteiger partial charge in [-0.3, -0.25) is 5.32 Å². The minimum atomic E-state index is -0.658. The predicted octanol–water partition coefficient (Wildman–Crippen LogP) is 4.49. The fraction of sp³-hybridized carbons (Fsp3) is 0.471. The highest BCUT2D eigenvalue weighted by Crippen LogP contribution is 2.46. The summed E-state index contributed by atoms with van der Waals surface area (Å²) in [6, 6.07) is 1.46. The number of benzene rings is 1. The molecule has 0 spiro atoms. The van der Waals surface area contributed by atoms with Crippen molar-refractivity contribution in [1.29, 1.82) is 0 Å². The Labute approximate surface area is 149 Å². The number of methoxy groups -OCH3 is 1. The fourth-order valence-electron chi connectivity index (χ4n) is 2.52. The SMILES string of the molecule is COC(=O)c1cc(NC(=O)OC(C)(C)C)c2c(C3CC3)noc2c1Cl. The zero-order valence-electron chi connectivity index (χ0n) is 14.4. The Hall–Kier alpha value is -2.28. The van der Waals surface area contributed by atoms with Crippen LogP contribution in [0.15, 0.2) is 10.6 Å². The van der Waals surface area contributed by atoms with Gasteiger partial charge in [-0.1, -0.05) is 16.8 Å². The van der Waals surface area contributed by atoms with Crippen LogP contribution in [0.25, 0.3) is 11.0 Å². The quantitative estimate of drug-likeness (QED) is 0.804. The third-order valence-corrected chi connectivity index (χ3v) is 4.09. The first-order chi connectivity index (χ1) is 11.7.